The van der Waals surface area contributed by atoms with Gasteiger partial charge in [-0.15, -0.1) is 0 Å². The third-order valence-electron chi connectivity index (χ3n) is 5.48. The highest BCUT2D eigenvalue weighted by Crippen LogP contribution is 2.40. The van der Waals surface area contributed by atoms with Gasteiger partial charge in [-0.1, -0.05) is 37.6 Å². The summed E-state index contributed by atoms with van der Waals surface area (Å²) in [4.78, 5) is 4.57. The van der Waals surface area contributed by atoms with Crippen molar-refractivity contribution in [3.63, 3.8) is 0 Å². The fraction of sp³-hybridized carbons (Fsp3) is 0.455. The summed E-state index contributed by atoms with van der Waals surface area (Å²) in [7, 11) is 1.66. The van der Waals surface area contributed by atoms with Crippen molar-refractivity contribution in [2.24, 2.45) is 5.92 Å². The smallest absolute Gasteiger partial charge is 0.126 e. The van der Waals surface area contributed by atoms with E-state index in [-0.39, 0.29) is 0 Å². The quantitative estimate of drug-likeness (QED) is 0.723. The lowest BCUT2D eigenvalue weighted by atomic mass is 9.74. The maximum Gasteiger partial charge on any atom is 0.126 e. The Kier molecular flexibility index (Phi) is 5.72. The molecule has 2 N–H and O–H groups in total. The second kappa shape index (κ2) is 8.00. The Bertz CT molecular complexity index is 747. The number of aromatic nitrogens is 1. The number of pyridine rings is 1. The Balaban J connectivity index is 1.74. The molecule has 1 aliphatic carbocycles. The lowest BCUT2D eigenvalue weighted by Crippen LogP contribution is -2.34. The van der Waals surface area contributed by atoms with Gasteiger partial charge in [-0.3, -0.25) is 4.98 Å². The number of nitrogens with zero attached hydrogens (tertiary/aromatic N) is 1. The van der Waals surface area contributed by atoms with Gasteiger partial charge < -0.3 is 15.3 Å². The van der Waals surface area contributed by atoms with Crippen LogP contribution in [-0.2, 0) is 5.60 Å². The van der Waals surface area contributed by atoms with Gasteiger partial charge in [0.2, 0.25) is 0 Å². The van der Waals surface area contributed by atoms with Crippen molar-refractivity contribution in [1.29, 1.82) is 5.41 Å². The van der Waals surface area contributed by atoms with E-state index in [9.17, 15) is 5.11 Å². The van der Waals surface area contributed by atoms with Crippen LogP contribution in [0.1, 0.15) is 51.1 Å². The second-order valence-corrected chi connectivity index (χ2v) is 7.21. The molecule has 0 atom stereocenters. The molecule has 0 saturated heterocycles. The van der Waals surface area contributed by atoms with Gasteiger partial charge in [-0.25, -0.2) is 0 Å². The van der Waals surface area contributed by atoms with Crippen molar-refractivity contribution < 1.29 is 9.84 Å². The van der Waals surface area contributed by atoms with E-state index in [1.807, 2.05) is 42.6 Å². The number of methoxy groups -OCH3 is 1. The molecule has 1 heterocycles. The summed E-state index contributed by atoms with van der Waals surface area (Å²) in [6.07, 6.45) is 6.78. The molecule has 1 aromatic heterocycles. The summed E-state index contributed by atoms with van der Waals surface area (Å²) >= 11 is 0. The van der Waals surface area contributed by atoms with Crippen LogP contribution in [0.15, 0.2) is 42.6 Å². The van der Waals surface area contributed by atoms with E-state index in [1.54, 1.807) is 7.11 Å². The van der Waals surface area contributed by atoms with Crippen LogP contribution in [0.2, 0.25) is 0 Å². The first kappa shape index (κ1) is 18.6. The van der Waals surface area contributed by atoms with Gasteiger partial charge in [0.25, 0.3) is 0 Å². The minimum atomic E-state index is -0.873. The molecular formula is C22H28N2O2. The minimum absolute atomic E-state index is 0.322. The molecule has 0 radical (unpaired) electrons. The number of hydrogen-bond donors (Lipinski definition) is 2. The summed E-state index contributed by atoms with van der Waals surface area (Å²) in [5.74, 6) is 1.14. The molecule has 0 amide bonds. The van der Waals surface area contributed by atoms with Crippen LogP contribution in [0, 0.1) is 11.3 Å². The fourth-order valence-corrected chi connectivity index (χ4v) is 3.89. The zero-order chi connectivity index (χ0) is 18.6. The lowest BCUT2D eigenvalue weighted by Gasteiger charge is -2.36. The van der Waals surface area contributed by atoms with E-state index < -0.39 is 5.60 Å². The lowest BCUT2D eigenvalue weighted by molar-refractivity contribution is -0.0110. The topological polar surface area (TPSA) is 66.2 Å². The van der Waals surface area contributed by atoms with E-state index >= 15 is 0 Å². The SMILES string of the molecule is CCCC(=N)C1CCC(O)(c2ccc(-c3ccccc3OC)cn2)CC1. The number of aliphatic hydroxyl groups is 1. The molecule has 2 aromatic rings. The monoisotopic (exact) mass is 352 g/mol. The van der Waals surface area contributed by atoms with Crippen molar-refractivity contribution in [3.8, 4) is 16.9 Å². The van der Waals surface area contributed by atoms with E-state index in [1.165, 1.54) is 0 Å². The molecule has 0 unspecified atom stereocenters. The van der Waals surface area contributed by atoms with Gasteiger partial charge in [0, 0.05) is 23.0 Å². The molecule has 1 fully saturated rings. The highest BCUT2D eigenvalue weighted by Gasteiger charge is 2.36. The molecule has 1 saturated carbocycles. The zero-order valence-corrected chi connectivity index (χ0v) is 15.7. The molecule has 1 aliphatic rings. The fourth-order valence-electron chi connectivity index (χ4n) is 3.89. The van der Waals surface area contributed by atoms with Crippen molar-refractivity contribution in [2.45, 2.75) is 51.0 Å². The zero-order valence-electron chi connectivity index (χ0n) is 15.7. The normalized spacial score (nSPS) is 22.8. The van der Waals surface area contributed by atoms with E-state index in [0.717, 1.165) is 54.0 Å². The van der Waals surface area contributed by atoms with Gasteiger partial charge in [0.05, 0.1) is 12.8 Å². The van der Waals surface area contributed by atoms with Gasteiger partial charge in [-0.05, 0) is 50.2 Å². The maximum atomic E-state index is 11.1. The number of benzene rings is 1. The number of ether oxygens (including phenoxy) is 1. The summed E-state index contributed by atoms with van der Waals surface area (Å²) in [5, 5.41) is 19.2. The molecular weight excluding hydrogens is 324 g/mol. The predicted octanol–water partition coefficient (Wildman–Crippen LogP) is 4.95. The third kappa shape index (κ3) is 3.80. The molecule has 1 aromatic carbocycles. The Morgan fingerprint density at radius 3 is 2.58 bits per heavy atom. The molecule has 0 spiro atoms. The van der Waals surface area contributed by atoms with Gasteiger partial charge in [0.1, 0.15) is 11.4 Å². The van der Waals surface area contributed by atoms with Crippen LogP contribution in [-0.4, -0.2) is 22.9 Å². The van der Waals surface area contributed by atoms with E-state index in [2.05, 4.69) is 11.9 Å². The highest BCUT2D eigenvalue weighted by atomic mass is 16.5. The van der Waals surface area contributed by atoms with Gasteiger partial charge >= 0.3 is 0 Å². The number of nitrogens with one attached hydrogen (secondary N) is 1. The third-order valence-corrected chi connectivity index (χ3v) is 5.48. The van der Waals surface area contributed by atoms with Crippen LogP contribution >= 0.6 is 0 Å². The predicted molar refractivity (Wildman–Crippen MR) is 105 cm³/mol. The molecule has 0 aliphatic heterocycles. The number of hydrogen-bond acceptors (Lipinski definition) is 4. The first-order valence-corrected chi connectivity index (χ1v) is 9.47. The van der Waals surface area contributed by atoms with Crippen LogP contribution in [0.4, 0.5) is 0 Å². The van der Waals surface area contributed by atoms with Gasteiger partial charge in [-0.2, -0.15) is 0 Å². The van der Waals surface area contributed by atoms with Crippen LogP contribution in [0.25, 0.3) is 11.1 Å². The number of para-hydroxylation sites is 1. The largest absolute Gasteiger partial charge is 0.496 e. The standard InChI is InChI=1S/C22H28N2O2/c1-3-6-19(23)16-11-13-22(25,14-12-16)21-10-9-17(15-24-21)18-7-4-5-8-20(18)26-2/h4-5,7-10,15-16,23,25H,3,6,11-14H2,1-2H3. The molecule has 138 valence electrons. The van der Waals surface area contributed by atoms with E-state index in [0.29, 0.717) is 18.8 Å². The molecule has 4 heteroatoms. The van der Waals surface area contributed by atoms with Crippen molar-refractivity contribution >= 4 is 5.71 Å². The van der Waals surface area contributed by atoms with Crippen molar-refractivity contribution in [2.75, 3.05) is 7.11 Å². The highest BCUT2D eigenvalue weighted by molar-refractivity contribution is 5.83. The molecule has 4 nitrogen and oxygen atoms in total. The Hall–Kier alpha value is -2.20. The molecule has 0 bridgehead atoms. The average Bonchev–Trinajstić information content (AvgIpc) is 2.69. The van der Waals surface area contributed by atoms with Gasteiger partial charge in [0.15, 0.2) is 0 Å². The first-order chi connectivity index (χ1) is 12.6. The molecule has 3 rings (SSSR count). The molecule has 26 heavy (non-hydrogen) atoms. The Labute approximate surface area is 155 Å². The van der Waals surface area contributed by atoms with Crippen molar-refractivity contribution in [3.05, 3.63) is 48.3 Å². The van der Waals surface area contributed by atoms with Crippen molar-refractivity contribution in [1.82, 2.24) is 4.98 Å². The summed E-state index contributed by atoms with van der Waals surface area (Å²) < 4.78 is 5.42. The number of rotatable bonds is 6. The summed E-state index contributed by atoms with van der Waals surface area (Å²) in [5.41, 5.74) is 2.68. The minimum Gasteiger partial charge on any atom is -0.496 e. The van der Waals surface area contributed by atoms with Crippen LogP contribution in [0.5, 0.6) is 5.75 Å². The van der Waals surface area contributed by atoms with Crippen LogP contribution < -0.4 is 4.74 Å². The van der Waals surface area contributed by atoms with E-state index in [4.69, 9.17) is 10.1 Å². The average molecular weight is 352 g/mol. The Morgan fingerprint density at radius 2 is 1.96 bits per heavy atom. The first-order valence-electron chi connectivity index (χ1n) is 9.47. The summed E-state index contributed by atoms with van der Waals surface area (Å²) in [6.45, 7) is 2.11. The second-order valence-electron chi connectivity index (χ2n) is 7.21. The van der Waals surface area contributed by atoms with Crippen LogP contribution in [0.3, 0.4) is 0 Å². The Morgan fingerprint density at radius 1 is 1.23 bits per heavy atom. The summed E-state index contributed by atoms with van der Waals surface area (Å²) in [6, 6.07) is 11.8. The maximum absolute atomic E-state index is 11.1.